The molecule has 0 radical (unpaired) electrons. The molecule has 2 heterocycles. The van der Waals surface area contributed by atoms with Gasteiger partial charge in [-0.3, -0.25) is 9.36 Å². The summed E-state index contributed by atoms with van der Waals surface area (Å²) in [6, 6.07) is 20.3. The SMILES string of the molecule is CC(C)(C)C1CCc2nc(SCC(=O)n3c4ccccc4c4ccccc43)c(C#N)cc2C1. The number of carbonyl (C=O) groups is 1. The molecule has 0 amide bonds. The predicted octanol–water partition coefficient (Wildman–Crippen LogP) is 6.64. The van der Waals surface area contributed by atoms with E-state index in [0.717, 1.165) is 46.8 Å². The molecule has 2 aromatic carbocycles. The summed E-state index contributed by atoms with van der Waals surface area (Å²) < 4.78 is 1.80. The second kappa shape index (κ2) is 8.35. The molecule has 33 heavy (non-hydrogen) atoms. The van der Waals surface area contributed by atoms with E-state index in [0.29, 0.717) is 16.5 Å². The first kappa shape index (κ1) is 21.7. The molecule has 0 N–H and O–H groups in total. The molecule has 0 spiro atoms. The Morgan fingerprint density at radius 3 is 2.36 bits per heavy atom. The largest absolute Gasteiger partial charge is 0.279 e. The van der Waals surface area contributed by atoms with Crippen LogP contribution in [0.5, 0.6) is 0 Å². The Morgan fingerprint density at radius 1 is 1.12 bits per heavy atom. The minimum Gasteiger partial charge on any atom is -0.279 e. The van der Waals surface area contributed by atoms with Crippen LogP contribution in [0.4, 0.5) is 0 Å². The van der Waals surface area contributed by atoms with E-state index in [1.807, 2.05) is 42.5 Å². The van der Waals surface area contributed by atoms with Crippen LogP contribution in [0.15, 0.2) is 59.6 Å². The number of nitrogens with zero attached hydrogens (tertiary/aromatic N) is 3. The molecule has 0 bridgehead atoms. The van der Waals surface area contributed by atoms with Crippen LogP contribution in [0.3, 0.4) is 0 Å². The Balaban J connectivity index is 1.44. The zero-order valence-corrected chi connectivity index (χ0v) is 20.1. The minimum absolute atomic E-state index is 0.00592. The van der Waals surface area contributed by atoms with Gasteiger partial charge in [-0.1, -0.05) is 68.9 Å². The molecule has 4 nitrogen and oxygen atoms in total. The van der Waals surface area contributed by atoms with Gasteiger partial charge >= 0.3 is 0 Å². The van der Waals surface area contributed by atoms with Gasteiger partial charge in [0.15, 0.2) is 0 Å². The molecule has 1 aliphatic rings. The molecule has 0 fully saturated rings. The van der Waals surface area contributed by atoms with Crippen LogP contribution in [0, 0.1) is 22.7 Å². The van der Waals surface area contributed by atoms with Gasteiger partial charge in [-0.05, 0) is 54.4 Å². The van der Waals surface area contributed by atoms with Gasteiger partial charge in [0.2, 0.25) is 5.91 Å². The Kier molecular flexibility index (Phi) is 5.50. The lowest BCUT2D eigenvalue weighted by molar-refractivity contribution is 0.0951. The lowest BCUT2D eigenvalue weighted by Gasteiger charge is -2.34. The maximum Gasteiger partial charge on any atom is 0.241 e. The van der Waals surface area contributed by atoms with E-state index in [9.17, 15) is 10.1 Å². The first-order valence-electron chi connectivity index (χ1n) is 11.4. The molecular formula is C28H27N3OS. The second-order valence-corrected chi connectivity index (χ2v) is 10.9. The summed E-state index contributed by atoms with van der Waals surface area (Å²) in [5.74, 6) is 0.815. The molecule has 4 aromatic rings. The van der Waals surface area contributed by atoms with E-state index in [4.69, 9.17) is 4.98 Å². The van der Waals surface area contributed by atoms with E-state index < -0.39 is 0 Å². The van der Waals surface area contributed by atoms with Gasteiger partial charge in [0.05, 0.1) is 22.3 Å². The molecule has 0 aliphatic heterocycles. The van der Waals surface area contributed by atoms with Crippen LogP contribution in [0.2, 0.25) is 0 Å². The number of pyridine rings is 1. The van der Waals surface area contributed by atoms with E-state index in [2.05, 4.69) is 39.0 Å². The van der Waals surface area contributed by atoms with Crippen LogP contribution in [-0.4, -0.2) is 21.2 Å². The Bertz CT molecular complexity index is 1370. The number of benzene rings is 2. The van der Waals surface area contributed by atoms with Crippen molar-refractivity contribution in [3.05, 3.63) is 71.4 Å². The topological polar surface area (TPSA) is 58.7 Å². The monoisotopic (exact) mass is 453 g/mol. The highest BCUT2D eigenvalue weighted by atomic mass is 32.2. The highest BCUT2D eigenvalue weighted by Gasteiger charge is 2.30. The highest BCUT2D eigenvalue weighted by Crippen LogP contribution is 2.38. The Hall–Kier alpha value is -3.10. The van der Waals surface area contributed by atoms with Gasteiger partial charge in [0, 0.05) is 16.5 Å². The van der Waals surface area contributed by atoms with E-state index in [-0.39, 0.29) is 17.1 Å². The third-order valence-electron chi connectivity index (χ3n) is 6.86. The first-order valence-corrected chi connectivity index (χ1v) is 12.4. The van der Waals surface area contributed by atoms with Crippen LogP contribution < -0.4 is 0 Å². The number of hydrogen-bond acceptors (Lipinski definition) is 4. The van der Waals surface area contributed by atoms with Crippen molar-refractivity contribution < 1.29 is 4.79 Å². The standard InChI is InChI=1S/C28H27N3OS/c1-28(2,3)20-12-13-23-18(15-20)14-19(16-29)27(30-23)33-17-26(32)31-24-10-6-4-8-21(24)22-9-5-7-11-25(22)31/h4-11,14,20H,12-13,15,17H2,1-3H3. The molecule has 1 unspecified atom stereocenters. The summed E-state index contributed by atoms with van der Waals surface area (Å²) >= 11 is 1.37. The molecule has 0 saturated heterocycles. The molecule has 1 aliphatic carbocycles. The van der Waals surface area contributed by atoms with Crippen molar-refractivity contribution >= 4 is 39.5 Å². The van der Waals surface area contributed by atoms with E-state index >= 15 is 0 Å². The highest BCUT2D eigenvalue weighted by molar-refractivity contribution is 8.00. The first-order chi connectivity index (χ1) is 15.9. The average Bonchev–Trinajstić information content (AvgIpc) is 3.15. The third-order valence-corrected chi connectivity index (χ3v) is 7.84. The number of rotatable bonds is 3. The zero-order chi connectivity index (χ0) is 23.2. The second-order valence-electron chi connectivity index (χ2n) is 9.92. The van der Waals surface area contributed by atoms with Crippen molar-refractivity contribution in [2.75, 3.05) is 5.75 Å². The van der Waals surface area contributed by atoms with Gasteiger partial charge in [0.1, 0.15) is 11.1 Å². The summed E-state index contributed by atoms with van der Waals surface area (Å²) in [7, 11) is 0. The molecular weight excluding hydrogens is 426 g/mol. The van der Waals surface area contributed by atoms with Crippen LogP contribution >= 0.6 is 11.8 Å². The smallest absolute Gasteiger partial charge is 0.241 e. The van der Waals surface area contributed by atoms with Gasteiger partial charge in [0.25, 0.3) is 0 Å². The fraction of sp³-hybridized carbons (Fsp3) is 0.321. The molecule has 5 rings (SSSR count). The lowest BCUT2D eigenvalue weighted by Crippen LogP contribution is -2.27. The zero-order valence-electron chi connectivity index (χ0n) is 19.3. The fourth-order valence-corrected chi connectivity index (χ4v) is 5.78. The number of carbonyl (C=O) groups excluding carboxylic acids is 1. The number of aryl methyl sites for hydroxylation is 1. The van der Waals surface area contributed by atoms with Gasteiger partial charge in [-0.2, -0.15) is 5.26 Å². The summed E-state index contributed by atoms with van der Waals surface area (Å²) in [5, 5.41) is 12.6. The predicted molar refractivity (Wildman–Crippen MR) is 135 cm³/mol. The third kappa shape index (κ3) is 3.94. The van der Waals surface area contributed by atoms with Crippen molar-refractivity contribution in [3.8, 4) is 6.07 Å². The molecule has 0 saturated carbocycles. The number of para-hydroxylation sites is 2. The summed E-state index contributed by atoms with van der Waals surface area (Å²) in [5.41, 5.74) is 4.92. The van der Waals surface area contributed by atoms with Crippen LogP contribution in [0.25, 0.3) is 21.8 Å². The minimum atomic E-state index is -0.00592. The quantitative estimate of drug-likeness (QED) is 0.326. The molecule has 166 valence electrons. The van der Waals surface area contributed by atoms with E-state index in [1.165, 1.54) is 17.3 Å². The normalized spacial score (nSPS) is 16.0. The van der Waals surface area contributed by atoms with Crippen molar-refractivity contribution in [2.24, 2.45) is 11.3 Å². The van der Waals surface area contributed by atoms with Crippen molar-refractivity contribution in [1.82, 2.24) is 9.55 Å². The molecule has 2 aromatic heterocycles. The average molecular weight is 454 g/mol. The Morgan fingerprint density at radius 2 is 1.76 bits per heavy atom. The number of fused-ring (bicyclic) bond motifs is 4. The Labute approximate surface area is 198 Å². The van der Waals surface area contributed by atoms with Gasteiger partial charge in [-0.15, -0.1) is 0 Å². The summed E-state index contributed by atoms with van der Waals surface area (Å²) in [4.78, 5) is 18.2. The van der Waals surface area contributed by atoms with Gasteiger partial charge in [-0.25, -0.2) is 4.98 Å². The number of hydrogen-bond donors (Lipinski definition) is 0. The van der Waals surface area contributed by atoms with Crippen molar-refractivity contribution in [2.45, 2.75) is 45.1 Å². The van der Waals surface area contributed by atoms with Gasteiger partial charge < -0.3 is 0 Å². The van der Waals surface area contributed by atoms with E-state index in [1.54, 1.807) is 4.57 Å². The number of thioether (sulfide) groups is 1. The van der Waals surface area contributed by atoms with Crippen LogP contribution in [0.1, 0.15) is 48.8 Å². The molecule has 1 atom stereocenters. The van der Waals surface area contributed by atoms with Crippen LogP contribution in [-0.2, 0) is 12.8 Å². The summed E-state index contributed by atoms with van der Waals surface area (Å²) in [6.07, 6.45) is 3.00. The molecule has 5 heteroatoms. The number of aromatic nitrogens is 2. The summed E-state index contributed by atoms with van der Waals surface area (Å²) in [6.45, 7) is 6.85. The number of nitriles is 1. The lowest BCUT2D eigenvalue weighted by atomic mass is 9.71. The van der Waals surface area contributed by atoms with Crippen molar-refractivity contribution in [1.29, 1.82) is 5.26 Å². The maximum absolute atomic E-state index is 13.4. The van der Waals surface area contributed by atoms with Crippen molar-refractivity contribution in [3.63, 3.8) is 0 Å². The fourth-order valence-electron chi connectivity index (χ4n) is 4.96. The maximum atomic E-state index is 13.4.